The van der Waals surface area contributed by atoms with Gasteiger partial charge in [-0.05, 0) is 60.2 Å². The fraction of sp³-hybridized carbons (Fsp3) is 0.0435. The van der Waals surface area contributed by atoms with Gasteiger partial charge in [0.25, 0.3) is 0 Å². The molecule has 0 unspecified atom stereocenters. The van der Waals surface area contributed by atoms with Gasteiger partial charge in [0.05, 0.1) is 23.9 Å². The first-order chi connectivity index (χ1) is 14.9. The van der Waals surface area contributed by atoms with Crippen LogP contribution in [0.3, 0.4) is 0 Å². The third-order valence-electron chi connectivity index (χ3n) is 4.28. The van der Waals surface area contributed by atoms with Gasteiger partial charge < -0.3 is 19.9 Å². The smallest absolute Gasteiger partial charge is 0.343 e. The number of benzene rings is 3. The van der Waals surface area contributed by atoms with Gasteiger partial charge in [-0.1, -0.05) is 29.8 Å². The zero-order chi connectivity index (χ0) is 22.4. The zero-order valence-corrected chi connectivity index (χ0v) is 17.1. The fourth-order valence-electron chi connectivity index (χ4n) is 2.64. The summed E-state index contributed by atoms with van der Waals surface area (Å²) >= 11 is 5.86. The van der Waals surface area contributed by atoms with E-state index in [0.29, 0.717) is 10.8 Å². The second-order valence-electron chi connectivity index (χ2n) is 6.32. The Morgan fingerprint density at radius 1 is 1.03 bits per heavy atom. The van der Waals surface area contributed by atoms with E-state index in [1.165, 1.54) is 49.6 Å². The fourth-order valence-corrected chi connectivity index (χ4v) is 2.76. The number of hydrogen-bond acceptors (Lipinski definition) is 7. The van der Waals surface area contributed by atoms with Gasteiger partial charge >= 0.3 is 5.97 Å². The maximum absolute atomic E-state index is 12.7. The monoisotopic (exact) mass is 438 g/mol. The molecule has 0 saturated carbocycles. The molecule has 0 bridgehead atoms. The molecule has 0 atom stereocenters. The molecule has 0 amide bonds. The topological polar surface area (TPSA) is 99.1 Å². The first-order valence-electron chi connectivity index (χ1n) is 9.02. The molecular formula is C23H17ClNO6-. The Balaban J connectivity index is 1.84. The molecule has 0 heterocycles. The molecule has 8 heteroatoms. The van der Waals surface area contributed by atoms with Crippen molar-refractivity contribution in [1.29, 1.82) is 0 Å². The quantitative estimate of drug-likeness (QED) is 0.179. The van der Waals surface area contributed by atoms with E-state index in [4.69, 9.17) is 26.3 Å². The number of carbonyl (C=O) groups is 2. The highest BCUT2D eigenvalue weighted by Gasteiger charge is 2.16. The van der Waals surface area contributed by atoms with Crippen LogP contribution in [0, 0.1) is 5.21 Å². The molecule has 31 heavy (non-hydrogen) atoms. The number of nitrogens with zero attached hydrogens (tertiary/aromatic N) is 1. The molecular weight excluding hydrogens is 422 g/mol. The van der Waals surface area contributed by atoms with Crippen molar-refractivity contribution < 1.29 is 24.3 Å². The Morgan fingerprint density at radius 3 is 2.32 bits per heavy atom. The number of esters is 1. The number of anilines is 1. The molecule has 158 valence electrons. The van der Waals surface area contributed by atoms with Crippen molar-refractivity contribution in [2.24, 2.45) is 0 Å². The number of carbonyl (C=O) groups excluding carboxylic acids is 2. The number of halogens is 1. The van der Waals surface area contributed by atoms with Crippen LogP contribution in [0.4, 0.5) is 5.69 Å². The Kier molecular flexibility index (Phi) is 7.04. The minimum Gasteiger partial charge on any atom is -0.733 e. The summed E-state index contributed by atoms with van der Waals surface area (Å²) in [7, 11) is 1.45. The van der Waals surface area contributed by atoms with E-state index in [9.17, 15) is 14.8 Å². The summed E-state index contributed by atoms with van der Waals surface area (Å²) in [6.07, 6.45) is 2.98. The van der Waals surface area contributed by atoms with Gasteiger partial charge in [0.2, 0.25) is 0 Å². The van der Waals surface area contributed by atoms with Crippen LogP contribution in [0.15, 0.2) is 72.8 Å². The number of ketones is 1. The van der Waals surface area contributed by atoms with Crippen molar-refractivity contribution in [2.75, 3.05) is 12.3 Å². The molecule has 0 radical (unpaired) electrons. The number of hydrogen-bond donors (Lipinski definition) is 1. The number of rotatable bonds is 7. The van der Waals surface area contributed by atoms with E-state index in [2.05, 4.69) is 0 Å². The molecule has 0 saturated heterocycles. The highest BCUT2D eigenvalue weighted by atomic mass is 35.5. The van der Waals surface area contributed by atoms with Crippen LogP contribution < -0.4 is 14.7 Å². The van der Waals surface area contributed by atoms with Gasteiger partial charge in [0, 0.05) is 11.1 Å². The predicted molar refractivity (Wildman–Crippen MR) is 117 cm³/mol. The Hall–Kier alpha value is -3.65. The molecule has 0 spiro atoms. The van der Waals surface area contributed by atoms with E-state index in [0.717, 1.165) is 5.56 Å². The number of allylic oxidation sites excluding steroid dienone is 1. The molecule has 0 aromatic heterocycles. The summed E-state index contributed by atoms with van der Waals surface area (Å²) in [6, 6.07) is 16.6. The van der Waals surface area contributed by atoms with Crippen LogP contribution in [-0.4, -0.2) is 24.1 Å². The maximum atomic E-state index is 12.7. The molecule has 0 aliphatic rings. The van der Waals surface area contributed by atoms with Crippen LogP contribution in [0.2, 0.25) is 5.02 Å². The molecule has 3 aromatic carbocycles. The molecule has 0 fully saturated rings. The Labute approximate surface area is 183 Å². The minimum absolute atomic E-state index is 0.0202. The van der Waals surface area contributed by atoms with Crippen molar-refractivity contribution >= 4 is 35.1 Å². The second kappa shape index (κ2) is 9.90. The predicted octanol–water partition coefficient (Wildman–Crippen LogP) is 5.16. The highest BCUT2D eigenvalue weighted by molar-refractivity contribution is 6.30. The van der Waals surface area contributed by atoms with Gasteiger partial charge in [-0.2, -0.15) is 0 Å². The average Bonchev–Trinajstić information content (AvgIpc) is 2.78. The van der Waals surface area contributed by atoms with Crippen molar-refractivity contribution in [3.05, 3.63) is 99.7 Å². The number of methoxy groups -OCH3 is 1. The minimum atomic E-state index is -0.745. The molecule has 0 aliphatic carbocycles. The lowest BCUT2D eigenvalue weighted by Gasteiger charge is -2.21. The summed E-state index contributed by atoms with van der Waals surface area (Å²) in [5.74, 6) is -0.700. The normalized spacial score (nSPS) is 10.7. The first-order valence-corrected chi connectivity index (χ1v) is 9.39. The molecule has 7 nitrogen and oxygen atoms in total. The lowest BCUT2D eigenvalue weighted by Crippen LogP contribution is -2.12. The third-order valence-corrected chi connectivity index (χ3v) is 4.53. The lowest BCUT2D eigenvalue weighted by molar-refractivity contribution is 0.0732. The van der Waals surface area contributed by atoms with E-state index in [-0.39, 0.29) is 33.6 Å². The second-order valence-corrected chi connectivity index (χ2v) is 6.76. The van der Waals surface area contributed by atoms with Crippen LogP contribution in [0.25, 0.3) is 6.08 Å². The molecule has 1 N–H and O–H groups in total. The summed E-state index contributed by atoms with van der Waals surface area (Å²) in [4.78, 5) is 25.3. The lowest BCUT2D eigenvalue weighted by atomic mass is 10.1. The van der Waals surface area contributed by atoms with Gasteiger partial charge in [0.1, 0.15) is 11.5 Å². The van der Waals surface area contributed by atoms with Crippen LogP contribution in [0.5, 0.6) is 11.5 Å². The third kappa shape index (κ3) is 5.70. The maximum Gasteiger partial charge on any atom is 0.343 e. The van der Waals surface area contributed by atoms with Crippen molar-refractivity contribution in [3.63, 3.8) is 0 Å². The number of ether oxygens (including phenoxy) is 2. The summed E-state index contributed by atoms with van der Waals surface area (Å²) in [5, 5.41) is 20.0. The van der Waals surface area contributed by atoms with Gasteiger partial charge in [0.15, 0.2) is 5.78 Å². The average molecular weight is 439 g/mol. The van der Waals surface area contributed by atoms with Crippen molar-refractivity contribution in [1.82, 2.24) is 0 Å². The van der Waals surface area contributed by atoms with Crippen LogP contribution >= 0.6 is 11.6 Å². The molecule has 3 rings (SSSR count). The Bertz CT molecular complexity index is 1110. The van der Waals surface area contributed by atoms with Crippen molar-refractivity contribution in [2.45, 2.75) is 0 Å². The van der Waals surface area contributed by atoms with Crippen LogP contribution in [-0.2, 0) is 0 Å². The van der Waals surface area contributed by atoms with E-state index >= 15 is 0 Å². The molecule has 0 aliphatic heterocycles. The first kappa shape index (κ1) is 22.0. The van der Waals surface area contributed by atoms with Gasteiger partial charge in [-0.3, -0.25) is 10.0 Å². The van der Waals surface area contributed by atoms with E-state index < -0.39 is 5.97 Å². The van der Waals surface area contributed by atoms with Gasteiger partial charge in [-0.15, -0.1) is 0 Å². The largest absolute Gasteiger partial charge is 0.733 e. The van der Waals surface area contributed by atoms with Crippen LogP contribution in [0.1, 0.15) is 26.3 Å². The summed E-state index contributed by atoms with van der Waals surface area (Å²) in [5.41, 5.74) is 1.03. The zero-order valence-electron chi connectivity index (χ0n) is 16.3. The van der Waals surface area contributed by atoms with Gasteiger partial charge in [-0.25, -0.2) is 4.79 Å². The van der Waals surface area contributed by atoms with E-state index in [1.54, 1.807) is 36.4 Å². The SMILES string of the molecule is COc1ccc(C(=O)C=Cc2ccc(Cl)cc2)c(OC(=O)c2ccc(N([O-])O)cc2)c1. The molecule has 3 aromatic rings. The summed E-state index contributed by atoms with van der Waals surface area (Å²) < 4.78 is 10.6. The Morgan fingerprint density at radius 2 is 1.71 bits per heavy atom. The van der Waals surface area contributed by atoms with E-state index in [1.807, 2.05) is 0 Å². The standard InChI is InChI=1S/C23H17ClNO6/c1-30-19-11-12-20(21(26)13-4-15-2-7-17(24)8-3-15)22(14-19)31-23(27)16-5-9-18(10-6-16)25(28)29/h2-14,28H,1H3/q-1. The summed E-state index contributed by atoms with van der Waals surface area (Å²) in [6.45, 7) is 0. The van der Waals surface area contributed by atoms with Crippen molar-refractivity contribution in [3.8, 4) is 11.5 Å². The highest BCUT2D eigenvalue weighted by Crippen LogP contribution is 2.27.